The summed E-state index contributed by atoms with van der Waals surface area (Å²) in [6.45, 7) is 12.7. The third-order valence-corrected chi connectivity index (χ3v) is 5.90. The second-order valence-corrected chi connectivity index (χ2v) is 10.3. The molecule has 1 aliphatic rings. The number of ketones is 1. The zero-order valence-corrected chi connectivity index (χ0v) is 22.3. The molecule has 0 aromatic heterocycles. The Balaban J connectivity index is 2.95. The molecule has 0 bridgehead atoms. The summed E-state index contributed by atoms with van der Waals surface area (Å²) < 4.78 is 5.27. The first kappa shape index (κ1) is 30.5. The molecular formula is C25H44N4O6. The van der Waals surface area contributed by atoms with Gasteiger partial charge in [0, 0.05) is 19.9 Å². The van der Waals surface area contributed by atoms with Crippen LogP contribution in [0.25, 0.3) is 0 Å². The summed E-state index contributed by atoms with van der Waals surface area (Å²) in [4.78, 5) is 62.9. The molecule has 1 saturated heterocycles. The smallest absolute Gasteiger partial charge is 0.245 e. The largest absolute Gasteiger partial charge is 0.361 e. The van der Waals surface area contributed by atoms with Crippen LogP contribution in [-0.4, -0.2) is 66.3 Å². The summed E-state index contributed by atoms with van der Waals surface area (Å²) in [5, 5.41) is 10.7. The third kappa shape index (κ3) is 10.8. The lowest BCUT2D eigenvalue weighted by molar-refractivity contribution is -0.135. The van der Waals surface area contributed by atoms with Crippen molar-refractivity contribution in [2.24, 2.45) is 11.8 Å². The predicted molar refractivity (Wildman–Crippen MR) is 132 cm³/mol. The van der Waals surface area contributed by atoms with Crippen molar-refractivity contribution < 1.29 is 28.7 Å². The van der Waals surface area contributed by atoms with Gasteiger partial charge >= 0.3 is 0 Å². The van der Waals surface area contributed by atoms with Crippen molar-refractivity contribution in [3.05, 3.63) is 0 Å². The molecule has 4 amide bonds. The molecule has 10 heteroatoms. The van der Waals surface area contributed by atoms with Crippen LogP contribution in [0, 0.1) is 11.8 Å². The van der Waals surface area contributed by atoms with Gasteiger partial charge in [0.15, 0.2) is 5.78 Å². The molecule has 1 aliphatic heterocycles. The molecule has 0 aromatic carbocycles. The van der Waals surface area contributed by atoms with Gasteiger partial charge in [-0.2, -0.15) is 0 Å². The van der Waals surface area contributed by atoms with E-state index in [4.69, 9.17) is 4.74 Å². The molecule has 0 saturated carbocycles. The number of amides is 4. The first-order valence-corrected chi connectivity index (χ1v) is 12.6. The van der Waals surface area contributed by atoms with Gasteiger partial charge in [0.05, 0.1) is 12.6 Å². The second-order valence-electron chi connectivity index (χ2n) is 10.3. The van der Waals surface area contributed by atoms with Crippen LogP contribution >= 0.6 is 0 Å². The van der Waals surface area contributed by atoms with Crippen molar-refractivity contribution in [1.82, 2.24) is 21.3 Å². The number of Topliss-reactive ketones (excluding diaryl/α,β-unsaturated/α-hetero) is 1. The molecule has 1 fully saturated rings. The highest BCUT2D eigenvalue weighted by atomic mass is 16.6. The standard InChI is InChI=1S/C25H44N4O6/c1-8-9-10-11-20(31)29-21(16(4)5)24(34)28-19(13-26-17(6)30)23(33)27-18(12-15(2)3)22(32)25(7)14-35-25/h15-16,18-19,21H,8-14H2,1-7H3,(H,26,30)(H,27,33)(H,28,34)(H,29,31)/t18-,19-,21-,25+/m0/s1. The van der Waals surface area contributed by atoms with Crippen molar-refractivity contribution in [2.75, 3.05) is 13.2 Å². The monoisotopic (exact) mass is 496 g/mol. The van der Waals surface area contributed by atoms with Crippen LogP contribution in [0.5, 0.6) is 0 Å². The van der Waals surface area contributed by atoms with Gasteiger partial charge in [-0.1, -0.05) is 47.5 Å². The first-order chi connectivity index (χ1) is 16.3. The lowest BCUT2D eigenvalue weighted by Crippen LogP contribution is -2.60. The molecule has 0 aromatic rings. The molecule has 200 valence electrons. The SMILES string of the molecule is CCCCCC(=O)N[C@H](C(=O)N[C@@H](CNC(C)=O)C(=O)N[C@@H](CC(C)C)C(=O)[C@@]1(C)CO1)C(C)C. The van der Waals surface area contributed by atoms with Crippen molar-refractivity contribution in [2.45, 2.75) is 104 Å². The zero-order valence-electron chi connectivity index (χ0n) is 22.3. The van der Waals surface area contributed by atoms with E-state index < -0.39 is 35.5 Å². The van der Waals surface area contributed by atoms with Crippen LogP contribution in [0.1, 0.15) is 80.6 Å². The van der Waals surface area contributed by atoms with Crippen LogP contribution in [0.3, 0.4) is 0 Å². The van der Waals surface area contributed by atoms with Gasteiger partial charge in [-0.05, 0) is 31.6 Å². The molecule has 4 atom stereocenters. The number of carbonyl (C=O) groups excluding carboxylic acids is 5. The Bertz CT molecular complexity index is 763. The molecule has 10 nitrogen and oxygen atoms in total. The van der Waals surface area contributed by atoms with Crippen molar-refractivity contribution in [3.63, 3.8) is 0 Å². The summed E-state index contributed by atoms with van der Waals surface area (Å²) >= 11 is 0. The molecule has 1 rings (SSSR count). The number of hydrogen-bond acceptors (Lipinski definition) is 6. The Hall–Kier alpha value is -2.49. The van der Waals surface area contributed by atoms with E-state index in [9.17, 15) is 24.0 Å². The predicted octanol–water partition coefficient (Wildman–Crippen LogP) is 1.22. The van der Waals surface area contributed by atoms with Gasteiger partial charge in [-0.3, -0.25) is 24.0 Å². The minimum atomic E-state index is -1.12. The zero-order chi connectivity index (χ0) is 26.8. The number of carbonyl (C=O) groups is 5. The Morgan fingerprint density at radius 1 is 0.914 bits per heavy atom. The molecule has 0 radical (unpaired) electrons. The van der Waals surface area contributed by atoms with Crippen LogP contribution in [0.15, 0.2) is 0 Å². The van der Waals surface area contributed by atoms with Crippen LogP contribution in [-0.2, 0) is 28.7 Å². The van der Waals surface area contributed by atoms with E-state index in [1.807, 2.05) is 20.8 Å². The highest BCUT2D eigenvalue weighted by molar-refractivity contribution is 5.98. The maximum Gasteiger partial charge on any atom is 0.245 e. The topological polar surface area (TPSA) is 146 Å². The minimum absolute atomic E-state index is 0.128. The van der Waals surface area contributed by atoms with Gasteiger partial charge < -0.3 is 26.0 Å². The van der Waals surface area contributed by atoms with E-state index in [-0.39, 0.29) is 36.0 Å². The van der Waals surface area contributed by atoms with E-state index in [1.165, 1.54) is 6.92 Å². The highest BCUT2D eigenvalue weighted by Gasteiger charge is 2.50. The van der Waals surface area contributed by atoms with E-state index in [0.717, 1.165) is 19.3 Å². The summed E-state index contributed by atoms with van der Waals surface area (Å²) in [6, 6.07) is -2.76. The average molecular weight is 497 g/mol. The lowest BCUT2D eigenvalue weighted by Gasteiger charge is -2.27. The number of ether oxygens (including phenoxy) is 1. The molecule has 0 spiro atoms. The van der Waals surface area contributed by atoms with Crippen molar-refractivity contribution in [3.8, 4) is 0 Å². The molecular weight excluding hydrogens is 452 g/mol. The number of epoxide rings is 1. The van der Waals surface area contributed by atoms with Crippen molar-refractivity contribution >= 4 is 29.4 Å². The lowest BCUT2D eigenvalue weighted by atomic mass is 9.93. The average Bonchev–Trinajstić information content (AvgIpc) is 3.51. The normalized spacial score (nSPS) is 19.5. The first-order valence-electron chi connectivity index (χ1n) is 12.6. The molecule has 0 unspecified atom stereocenters. The van der Waals surface area contributed by atoms with Gasteiger partial charge in [0.1, 0.15) is 17.7 Å². The molecule has 1 heterocycles. The van der Waals surface area contributed by atoms with Gasteiger partial charge in [0.25, 0.3) is 0 Å². The summed E-state index contributed by atoms with van der Waals surface area (Å²) in [7, 11) is 0. The van der Waals surface area contributed by atoms with Gasteiger partial charge in [-0.15, -0.1) is 0 Å². The molecule has 4 N–H and O–H groups in total. The quantitative estimate of drug-likeness (QED) is 0.187. The number of hydrogen-bond donors (Lipinski definition) is 4. The minimum Gasteiger partial charge on any atom is -0.361 e. The number of rotatable bonds is 16. The summed E-state index contributed by atoms with van der Waals surface area (Å²) in [6.07, 6.45) is 3.36. The van der Waals surface area contributed by atoms with Crippen LogP contribution in [0.2, 0.25) is 0 Å². The van der Waals surface area contributed by atoms with E-state index in [0.29, 0.717) is 19.4 Å². The summed E-state index contributed by atoms with van der Waals surface area (Å²) in [5.74, 6) is -2.03. The fourth-order valence-electron chi connectivity index (χ4n) is 3.63. The van der Waals surface area contributed by atoms with Crippen molar-refractivity contribution in [1.29, 1.82) is 0 Å². The fourth-order valence-corrected chi connectivity index (χ4v) is 3.63. The van der Waals surface area contributed by atoms with E-state index in [1.54, 1.807) is 20.8 Å². The molecule has 0 aliphatic carbocycles. The van der Waals surface area contributed by atoms with Gasteiger partial charge in [-0.25, -0.2) is 0 Å². The Labute approximate surface area is 209 Å². The third-order valence-electron chi connectivity index (χ3n) is 5.90. The van der Waals surface area contributed by atoms with Crippen LogP contribution < -0.4 is 21.3 Å². The van der Waals surface area contributed by atoms with E-state index >= 15 is 0 Å². The highest BCUT2D eigenvalue weighted by Crippen LogP contribution is 2.29. The molecule has 35 heavy (non-hydrogen) atoms. The Morgan fingerprint density at radius 2 is 1.51 bits per heavy atom. The number of unbranched alkanes of at least 4 members (excludes halogenated alkanes) is 2. The fraction of sp³-hybridized carbons (Fsp3) is 0.800. The van der Waals surface area contributed by atoms with Gasteiger partial charge in [0.2, 0.25) is 23.6 Å². The Kier molecular flexibility index (Phi) is 12.4. The second kappa shape index (κ2) is 14.2. The summed E-state index contributed by atoms with van der Waals surface area (Å²) in [5.41, 5.74) is -0.909. The number of nitrogens with one attached hydrogen (secondary N) is 4. The maximum atomic E-state index is 13.2. The maximum absolute atomic E-state index is 13.2. The van der Waals surface area contributed by atoms with Crippen LogP contribution in [0.4, 0.5) is 0 Å². The Morgan fingerprint density at radius 3 is 2.00 bits per heavy atom. The van der Waals surface area contributed by atoms with E-state index in [2.05, 4.69) is 21.3 Å².